The smallest absolute Gasteiger partial charge is 0.0199 e. The first-order valence-corrected chi connectivity index (χ1v) is 6.70. The second kappa shape index (κ2) is 3.19. The lowest BCUT2D eigenvalue weighted by molar-refractivity contribution is 0.0448. The summed E-state index contributed by atoms with van der Waals surface area (Å²) in [5.74, 6) is 0. The van der Waals surface area contributed by atoms with Crippen LogP contribution in [0.2, 0.25) is 0 Å². The molecule has 3 unspecified atom stereocenters. The van der Waals surface area contributed by atoms with E-state index in [1.165, 1.54) is 52.1 Å². The third-order valence-electron chi connectivity index (χ3n) is 5.57. The minimum Gasteiger partial charge on any atom is -0.315 e. The van der Waals surface area contributed by atoms with E-state index < -0.39 is 0 Å². The Morgan fingerprint density at radius 3 is 1.69 bits per heavy atom. The van der Waals surface area contributed by atoms with Gasteiger partial charge in [-0.25, -0.2) is 0 Å². The van der Waals surface area contributed by atoms with Gasteiger partial charge in [0.2, 0.25) is 0 Å². The molecule has 0 aliphatic carbocycles. The number of hydrogen-bond acceptors (Lipinski definition) is 4. The molecule has 4 fully saturated rings. The molecule has 0 aromatic carbocycles. The molecule has 0 spiro atoms. The predicted molar refractivity (Wildman–Crippen MR) is 63.4 cm³/mol. The molecule has 0 aromatic rings. The Bertz CT molecular complexity index is 269. The zero-order chi connectivity index (χ0) is 10.6. The molecule has 4 heteroatoms. The molecule has 0 aromatic heterocycles. The molecule has 4 aliphatic rings. The van der Waals surface area contributed by atoms with Crippen molar-refractivity contribution in [3.63, 3.8) is 0 Å². The first-order valence-electron chi connectivity index (χ1n) is 6.70. The van der Waals surface area contributed by atoms with Gasteiger partial charge in [0.15, 0.2) is 0 Å². The standard InChI is InChI=1S/C12H22N4/c1-9-3-13-5-11(1,7-15-9)12-2-10(16-8-12)4-14-6-12/h9-10,13-16H,1-8H2/t9?,10?,11-,12?/m1/s1. The van der Waals surface area contributed by atoms with Gasteiger partial charge in [0, 0.05) is 62.2 Å². The van der Waals surface area contributed by atoms with E-state index in [1.807, 2.05) is 0 Å². The van der Waals surface area contributed by atoms with Crippen molar-refractivity contribution < 1.29 is 0 Å². The summed E-state index contributed by atoms with van der Waals surface area (Å²) in [6.45, 7) is 7.21. The van der Waals surface area contributed by atoms with Crippen molar-refractivity contribution in [2.75, 3.05) is 39.3 Å². The van der Waals surface area contributed by atoms with Crippen molar-refractivity contribution in [2.45, 2.75) is 24.9 Å². The summed E-state index contributed by atoms with van der Waals surface area (Å²) in [6, 6.07) is 1.45. The second-order valence-corrected chi connectivity index (χ2v) is 6.39. The molecule has 4 rings (SSSR count). The fourth-order valence-electron chi connectivity index (χ4n) is 4.62. The van der Waals surface area contributed by atoms with Crippen LogP contribution in [0.25, 0.3) is 0 Å². The summed E-state index contributed by atoms with van der Waals surface area (Å²) in [5.41, 5.74) is 1.01. The summed E-state index contributed by atoms with van der Waals surface area (Å²) < 4.78 is 0. The van der Waals surface area contributed by atoms with Crippen molar-refractivity contribution in [2.24, 2.45) is 10.8 Å². The maximum Gasteiger partial charge on any atom is 0.0199 e. The number of fused-ring (bicyclic) bond motifs is 5. The van der Waals surface area contributed by atoms with Crippen LogP contribution in [-0.4, -0.2) is 51.4 Å². The van der Waals surface area contributed by atoms with Crippen molar-refractivity contribution in [3.8, 4) is 0 Å². The van der Waals surface area contributed by atoms with Gasteiger partial charge in [0.25, 0.3) is 0 Å². The zero-order valence-corrected chi connectivity index (χ0v) is 9.81. The molecule has 4 N–H and O–H groups in total. The van der Waals surface area contributed by atoms with E-state index in [9.17, 15) is 0 Å². The third-order valence-corrected chi connectivity index (χ3v) is 5.57. The van der Waals surface area contributed by atoms with Crippen LogP contribution in [0.5, 0.6) is 0 Å². The molecular formula is C12H22N4. The van der Waals surface area contributed by atoms with Gasteiger partial charge in [-0.1, -0.05) is 0 Å². The van der Waals surface area contributed by atoms with Crippen molar-refractivity contribution in [3.05, 3.63) is 0 Å². The number of hydrogen-bond donors (Lipinski definition) is 4. The minimum atomic E-state index is 0.505. The Morgan fingerprint density at radius 1 is 0.688 bits per heavy atom. The fourth-order valence-corrected chi connectivity index (χ4v) is 4.62. The Labute approximate surface area is 96.9 Å². The van der Waals surface area contributed by atoms with Crippen LogP contribution in [0, 0.1) is 10.8 Å². The lowest BCUT2D eigenvalue weighted by Crippen LogP contribution is -2.58. The van der Waals surface area contributed by atoms with Crippen LogP contribution >= 0.6 is 0 Å². The zero-order valence-electron chi connectivity index (χ0n) is 9.81. The van der Waals surface area contributed by atoms with Gasteiger partial charge in [-0.05, 0) is 12.8 Å². The Kier molecular flexibility index (Phi) is 1.96. The lowest BCUT2D eigenvalue weighted by Gasteiger charge is -2.49. The van der Waals surface area contributed by atoms with E-state index in [4.69, 9.17) is 0 Å². The Morgan fingerprint density at radius 2 is 1.19 bits per heavy atom. The molecule has 4 aliphatic heterocycles. The molecule has 4 nitrogen and oxygen atoms in total. The monoisotopic (exact) mass is 222 g/mol. The number of piperidine rings is 2. The van der Waals surface area contributed by atoms with Gasteiger partial charge in [-0.15, -0.1) is 0 Å². The lowest BCUT2D eigenvalue weighted by atomic mass is 9.59. The SMILES string of the molecule is C1NCC2([C@@]34CNCC(C3)NC4)CNC1C2. The normalized spacial score (nSPS) is 55.5. The van der Waals surface area contributed by atoms with Crippen LogP contribution in [0.3, 0.4) is 0 Å². The largest absolute Gasteiger partial charge is 0.315 e. The van der Waals surface area contributed by atoms with Crippen molar-refractivity contribution >= 4 is 0 Å². The Hall–Kier alpha value is -0.160. The highest BCUT2D eigenvalue weighted by Gasteiger charge is 2.59. The summed E-state index contributed by atoms with van der Waals surface area (Å²) in [6.07, 6.45) is 2.77. The topological polar surface area (TPSA) is 48.1 Å². The van der Waals surface area contributed by atoms with Crippen LogP contribution < -0.4 is 21.3 Å². The average Bonchev–Trinajstić information content (AvgIpc) is 2.80. The summed E-state index contributed by atoms with van der Waals surface area (Å²) in [4.78, 5) is 0. The molecule has 4 saturated heterocycles. The van der Waals surface area contributed by atoms with Crippen molar-refractivity contribution in [1.82, 2.24) is 21.3 Å². The quantitative estimate of drug-likeness (QED) is 0.454. The van der Waals surface area contributed by atoms with Gasteiger partial charge in [-0.3, -0.25) is 0 Å². The highest BCUT2D eigenvalue weighted by atomic mass is 15.1. The molecular weight excluding hydrogens is 200 g/mol. The molecule has 4 bridgehead atoms. The van der Waals surface area contributed by atoms with Gasteiger partial charge >= 0.3 is 0 Å². The number of rotatable bonds is 1. The minimum absolute atomic E-state index is 0.505. The summed E-state index contributed by atoms with van der Waals surface area (Å²) >= 11 is 0. The van der Waals surface area contributed by atoms with E-state index in [-0.39, 0.29) is 0 Å². The molecule has 0 saturated carbocycles. The second-order valence-electron chi connectivity index (χ2n) is 6.39. The van der Waals surface area contributed by atoms with Gasteiger partial charge in [0.05, 0.1) is 0 Å². The molecule has 4 atom stereocenters. The van der Waals surface area contributed by atoms with Crippen LogP contribution in [-0.2, 0) is 0 Å². The third kappa shape index (κ3) is 1.13. The molecule has 4 heterocycles. The van der Waals surface area contributed by atoms with Gasteiger partial charge in [-0.2, -0.15) is 0 Å². The van der Waals surface area contributed by atoms with Crippen molar-refractivity contribution in [1.29, 1.82) is 0 Å². The van der Waals surface area contributed by atoms with E-state index >= 15 is 0 Å². The molecule has 16 heavy (non-hydrogen) atoms. The van der Waals surface area contributed by atoms with Gasteiger partial charge < -0.3 is 21.3 Å². The maximum absolute atomic E-state index is 3.72. The number of nitrogens with one attached hydrogen (secondary N) is 4. The van der Waals surface area contributed by atoms with E-state index in [1.54, 1.807) is 0 Å². The maximum atomic E-state index is 3.72. The van der Waals surface area contributed by atoms with Crippen LogP contribution in [0.4, 0.5) is 0 Å². The first-order chi connectivity index (χ1) is 7.82. The van der Waals surface area contributed by atoms with E-state index in [0.717, 1.165) is 12.1 Å². The van der Waals surface area contributed by atoms with Crippen LogP contribution in [0.1, 0.15) is 12.8 Å². The molecule has 0 amide bonds. The van der Waals surface area contributed by atoms with Gasteiger partial charge in [0.1, 0.15) is 0 Å². The summed E-state index contributed by atoms with van der Waals surface area (Å²) in [7, 11) is 0. The Balaban J connectivity index is 1.68. The molecule has 90 valence electrons. The predicted octanol–water partition coefficient (Wildman–Crippen LogP) is -1.11. The molecule has 0 radical (unpaired) electrons. The van der Waals surface area contributed by atoms with Crippen LogP contribution in [0.15, 0.2) is 0 Å². The van der Waals surface area contributed by atoms with E-state index in [0.29, 0.717) is 10.8 Å². The van der Waals surface area contributed by atoms with E-state index in [2.05, 4.69) is 21.3 Å². The highest BCUT2D eigenvalue weighted by Crippen LogP contribution is 2.52. The average molecular weight is 222 g/mol. The fraction of sp³-hybridized carbons (Fsp3) is 1.00. The highest BCUT2D eigenvalue weighted by molar-refractivity contribution is 5.15. The first kappa shape index (κ1) is 9.83. The summed E-state index contributed by atoms with van der Waals surface area (Å²) in [5, 5.41) is 14.7.